The van der Waals surface area contributed by atoms with Gasteiger partial charge in [0.1, 0.15) is 5.82 Å². The Balaban J connectivity index is 1.86. The van der Waals surface area contributed by atoms with Crippen molar-refractivity contribution in [2.45, 2.75) is 32.6 Å². The molecule has 0 bridgehead atoms. The zero-order valence-corrected chi connectivity index (χ0v) is 12.4. The van der Waals surface area contributed by atoms with Crippen LogP contribution in [0.2, 0.25) is 0 Å². The highest BCUT2D eigenvalue weighted by Gasteiger charge is 2.05. The molecule has 0 heterocycles. The third-order valence-electron chi connectivity index (χ3n) is 3.40. The summed E-state index contributed by atoms with van der Waals surface area (Å²) in [6.45, 7) is 4.31. The molecule has 0 fully saturated rings. The molecule has 2 rings (SSSR count). The predicted molar refractivity (Wildman–Crippen MR) is 83.9 cm³/mol. The number of aryl methyl sites for hydroxylation is 1. The third-order valence-corrected chi connectivity index (χ3v) is 3.40. The number of benzene rings is 2. The van der Waals surface area contributed by atoms with Crippen LogP contribution in [0.5, 0.6) is 0 Å². The van der Waals surface area contributed by atoms with Crippen molar-refractivity contribution < 1.29 is 9.18 Å². The molecular formula is C18H20FNO. The number of amides is 1. The second-order valence-corrected chi connectivity index (χ2v) is 5.45. The molecule has 2 nitrogen and oxygen atoms in total. The average Bonchev–Trinajstić information content (AvgIpc) is 2.45. The zero-order chi connectivity index (χ0) is 15.2. The number of hydrogen-bond donors (Lipinski definition) is 1. The monoisotopic (exact) mass is 285 g/mol. The Morgan fingerprint density at radius 2 is 1.86 bits per heavy atom. The molecule has 110 valence electrons. The van der Waals surface area contributed by atoms with Crippen molar-refractivity contribution in [1.29, 1.82) is 0 Å². The third kappa shape index (κ3) is 4.71. The maximum atomic E-state index is 13.0. The molecule has 21 heavy (non-hydrogen) atoms. The molecule has 2 aromatic carbocycles. The number of carbonyl (C=O) groups excluding carboxylic acids is 1. The summed E-state index contributed by atoms with van der Waals surface area (Å²) >= 11 is 0. The van der Waals surface area contributed by atoms with Gasteiger partial charge in [0.25, 0.3) is 0 Å². The summed E-state index contributed by atoms with van der Waals surface area (Å²) in [5.74, 6) is 0.0564. The van der Waals surface area contributed by atoms with Crippen molar-refractivity contribution in [2.75, 3.05) is 5.32 Å². The molecule has 0 aromatic heterocycles. The number of halogens is 1. The van der Waals surface area contributed by atoms with E-state index >= 15 is 0 Å². The van der Waals surface area contributed by atoms with Crippen molar-refractivity contribution in [3.8, 4) is 0 Å². The van der Waals surface area contributed by atoms with Gasteiger partial charge in [-0.2, -0.15) is 0 Å². The van der Waals surface area contributed by atoms with E-state index in [0.29, 0.717) is 24.4 Å². The minimum absolute atomic E-state index is 0.103. The Morgan fingerprint density at radius 1 is 1.14 bits per heavy atom. The second kappa shape index (κ2) is 7.02. The first-order valence-electron chi connectivity index (χ1n) is 7.19. The van der Waals surface area contributed by atoms with Crippen molar-refractivity contribution in [3.05, 3.63) is 65.5 Å². The lowest BCUT2D eigenvalue weighted by atomic mass is 10.0. The first-order valence-corrected chi connectivity index (χ1v) is 7.19. The number of rotatable bonds is 5. The van der Waals surface area contributed by atoms with Crippen LogP contribution in [-0.4, -0.2) is 5.91 Å². The van der Waals surface area contributed by atoms with Crippen LogP contribution in [0, 0.1) is 5.82 Å². The number of anilines is 1. The second-order valence-electron chi connectivity index (χ2n) is 5.45. The van der Waals surface area contributed by atoms with E-state index in [-0.39, 0.29) is 11.7 Å². The minimum atomic E-state index is -0.350. The number of nitrogens with one attached hydrogen (secondary N) is 1. The topological polar surface area (TPSA) is 29.1 Å². The van der Waals surface area contributed by atoms with Gasteiger partial charge >= 0.3 is 0 Å². The van der Waals surface area contributed by atoms with Gasteiger partial charge in [-0.1, -0.05) is 44.2 Å². The van der Waals surface area contributed by atoms with E-state index in [1.165, 1.54) is 17.7 Å². The fourth-order valence-electron chi connectivity index (χ4n) is 2.12. The molecule has 2 aromatic rings. The molecular weight excluding hydrogens is 265 g/mol. The smallest absolute Gasteiger partial charge is 0.224 e. The number of hydrogen-bond acceptors (Lipinski definition) is 1. The summed E-state index contributed by atoms with van der Waals surface area (Å²) in [6, 6.07) is 14.2. The molecule has 0 unspecified atom stereocenters. The molecule has 0 saturated heterocycles. The lowest BCUT2D eigenvalue weighted by Crippen LogP contribution is -2.12. The van der Waals surface area contributed by atoms with Gasteiger partial charge in [0.15, 0.2) is 0 Å². The maximum Gasteiger partial charge on any atom is 0.224 e. The van der Waals surface area contributed by atoms with Gasteiger partial charge in [-0.05, 0) is 41.7 Å². The molecule has 0 aliphatic carbocycles. The SMILES string of the molecule is CC(C)c1ccc(CCC(=O)Nc2cccc(F)c2)cc1. The summed E-state index contributed by atoms with van der Waals surface area (Å²) in [6.07, 6.45) is 1.07. The fourth-order valence-corrected chi connectivity index (χ4v) is 2.12. The summed E-state index contributed by atoms with van der Waals surface area (Å²) in [5, 5.41) is 2.70. The van der Waals surface area contributed by atoms with Crippen LogP contribution in [0.25, 0.3) is 0 Å². The normalized spacial score (nSPS) is 10.7. The largest absolute Gasteiger partial charge is 0.326 e. The van der Waals surface area contributed by atoms with E-state index in [4.69, 9.17) is 0 Å². The summed E-state index contributed by atoms with van der Waals surface area (Å²) < 4.78 is 13.0. The molecule has 0 aliphatic rings. The van der Waals surface area contributed by atoms with E-state index in [9.17, 15) is 9.18 Å². The molecule has 1 N–H and O–H groups in total. The van der Waals surface area contributed by atoms with Gasteiger partial charge in [0.05, 0.1) is 0 Å². The Bertz CT molecular complexity index is 605. The highest BCUT2D eigenvalue weighted by atomic mass is 19.1. The van der Waals surface area contributed by atoms with Gasteiger partial charge in [0, 0.05) is 12.1 Å². The van der Waals surface area contributed by atoms with Gasteiger partial charge in [0.2, 0.25) is 5.91 Å². The van der Waals surface area contributed by atoms with Crippen molar-refractivity contribution in [2.24, 2.45) is 0 Å². The van der Waals surface area contributed by atoms with Gasteiger partial charge < -0.3 is 5.32 Å². The van der Waals surface area contributed by atoms with E-state index in [1.54, 1.807) is 12.1 Å². The van der Waals surface area contributed by atoms with E-state index in [2.05, 4.69) is 43.4 Å². The van der Waals surface area contributed by atoms with Crippen LogP contribution in [0.3, 0.4) is 0 Å². The van der Waals surface area contributed by atoms with E-state index in [0.717, 1.165) is 5.56 Å². The lowest BCUT2D eigenvalue weighted by Gasteiger charge is -2.08. The quantitative estimate of drug-likeness (QED) is 0.859. The standard InChI is InChI=1S/C18H20FNO/c1-13(2)15-9-6-14(7-10-15)8-11-18(21)20-17-5-3-4-16(19)12-17/h3-7,9-10,12-13H,8,11H2,1-2H3,(H,20,21). The summed E-state index contributed by atoms with van der Waals surface area (Å²) in [4.78, 5) is 11.8. The first kappa shape index (κ1) is 15.2. The molecule has 0 aliphatic heterocycles. The molecule has 1 amide bonds. The van der Waals surface area contributed by atoms with Crippen LogP contribution in [-0.2, 0) is 11.2 Å². The van der Waals surface area contributed by atoms with Gasteiger partial charge in [-0.25, -0.2) is 4.39 Å². The molecule has 0 atom stereocenters. The zero-order valence-electron chi connectivity index (χ0n) is 12.4. The Labute approximate surface area is 125 Å². The molecule has 0 spiro atoms. The van der Waals surface area contributed by atoms with Crippen LogP contribution < -0.4 is 5.32 Å². The minimum Gasteiger partial charge on any atom is -0.326 e. The molecule has 3 heteroatoms. The molecule has 0 radical (unpaired) electrons. The highest BCUT2D eigenvalue weighted by molar-refractivity contribution is 5.90. The average molecular weight is 285 g/mol. The van der Waals surface area contributed by atoms with Crippen LogP contribution >= 0.6 is 0 Å². The van der Waals surface area contributed by atoms with Crippen molar-refractivity contribution in [3.63, 3.8) is 0 Å². The van der Waals surface area contributed by atoms with Gasteiger partial charge in [-0.15, -0.1) is 0 Å². The van der Waals surface area contributed by atoms with E-state index < -0.39 is 0 Å². The maximum absolute atomic E-state index is 13.0. The molecule has 0 saturated carbocycles. The van der Waals surface area contributed by atoms with E-state index in [1.807, 2.05) is 0 Å². The number of carbonyl (C=O) groups is 1. The Kier molecular flexibility index (Phi) is 5.09. The van der Waals surface area contributed by atoms with Crippen LogP contribution in [0.15, 0.2) is 48.5 Å². The highest BCUT2D eigenvalue weighted by Crippen LogP contribution is 2.16. The fraction of sp³-hybridized carbons (Fsp3) is 0.278. The van der Waals surface area contributed by atoms with Crippen LogP contribution in [0.4, 0.5) is 10.1 Å². The van der Waals surface area contributed by atoms with Crippen molar-refractivity contribution >= 4 is 11.6 Å². The summed E-state index contributed by atoms with van der Waals surface area (Å²) in [5.41, 5.74) is 2.92. The van der Waals surface area contributed by atoms with Gasteiger partial charge in [-0.3, -0.25) is 4.79 Å². The first-order chi connectivity index (χ1) is 10.0. The Morgan fingerprint density at radius 3 is 2.48 bits per heavy atom. The van der Waals surface area contributed by atoms with Crippen molar-refractivity contribution in [1.82, 2.24) is 0 Å². The lowest BCUT2D eigenvalue weighted by molar-refractivity contribution is -0.116. The van der Waals surface area contributed by atoms with Crippen LogP contribution in [0.1, 0.15) is 37.3 Å². The Hall–Kier alpha value is -2.16. The summed E-state index contributed by atoms with van der Waals surface area (Å²) in [7, 11) is 0. The predicted octanol–water partition coefficient (Wildman–Crippen LogP) is 4.52.